The molecule has 2 rings (SSSR count). The number of methoxy groups -OCH3 is 1. The van der Waals surface area contributed by atoms with Crippen LogP contribution in [-0.2, 0) is 9.53 Å². The maximum absolute atomic E-state index is 12.3. The second kappa shape index (κ2) is 7.62. The summed E-state index contributed by atoms with van der Waals surface area (Å²) in [5.41, 5.74) is 0. The molecule has 0 amide bonds. The quantitative estimate of drug-likeness (QED) is 0.527. The third-order valence-corrected chi connectivity index (χ3v) is 6.03. The summed E-state index contributed by atoms with van der Waals surface area (Å²) in [6.07, 6.45) is 10.1. The van der Waals surface area contributed by atoms with Gasteiger partial charge in [0.15, 0.2) is 0 Å². The number of piperidine rings is 1. The van der Waals surface area contributed by atoms with Crippen LogP contribution in [0.4, 0.5) is 0 Å². The SMILES string of the molecule is CCCCCCC(C)[C@H]1C[C@@H]2CC[C@H]([C@H]1C(=O)OC)N2C. The van der Waals surface area contributed by atoms with Crippen molar-refractivity contribution < 1.29 is 9.53 Å². The lowest BCUT2D eigenvalue weighted by Gasteiger charge is -2.44. The van der Waals surface area contributed by atoms with Gasteiger partial charge in [0.05, 0.1) is 13.0 Å². The molecule has 0 aliphatic carbocycles. The fourth-order valence-corrected chi connectivity index (χ4v) is 4.67. The highest BCUT2D eigenvalue weighted by Gasteiger charge is 2.50. The number of fused-ring (bicyclic) bond motifs is 2. The van der Waals surface area contributed by atoms with E-state index in [1.807, 2.05) is 0 Å². The normalized spacial score (nSPS) is 33.9. The van der Waals surface area contributed by atoms with Crippen LogP contribution < -0.4 is 0 Å². The van der Waals surface area contributed by atoms with Gasteiger partial charge in [0.25, 0.3) is 0 Å². The van der Waals surface area contributed by atoms with Crippen LogP contribution in [0.3, 0.4) is 0 Å². The lowest BCUT2D eigenvalue weighted by Crippen LogP contribution is -2.51. The second-order valence-electron chi connectivity index (χ2n) is 7.24. The van der Waals surface area contributed by atoms with E-state index in [1.54, 1.807) is 7.11 Å². The Morgan fingerprint density at radius 3 is 2.71 bits per heavy atom. The number of hydrogen-bond donors (Lipinski definition) is 0. The van der Waals surface area contributed by atoms with Crippen LogP contribution in [0.25, 0.3) is 0 Å². The molecule has 2 bridgehead atoms. The van der Waals surface area contributed by atoms with E-state index < -0.39 is 0 Å². The first-order valence-electron chi connectivity index (χ1n) is 8.89. The summed E-state index contributed by atoms with van der Waals surface area (Å²) in [6.45, 7) is 4.61. The average Bonchev–Trinajstić information content (AvgIpc) is 2.73. The molecule has 0 aromatic heterocycles. The first-order chi connectivity index (χ1) is 10.1. The maximum Gasteiger partial charge on any atom is 0.310 e. The van der Waals surface area contributed by atoms with Crippen LogP contribution >= 0.6 is 0 Å². The Kier molecular flexibility index (Phi) is 6.09. The molecule has 0 saturated carbocycles. The van der Waals surface area contributed by atoms with Gasteiger partial charge in [-0.2, -0.15) is 0 Å². The Morgan fingerprint density at radius 1 is 1.29 bits per heavy atom. The van der Waals surface area contributed by atoms with E-state index >= 15 is 0 Å². The molecule has 122 valence electrons. The minimum atomic E-state index is 0.0256. The highest BCUT2D eigenvalue weighted by Crippen LogP contribution is 2.45. The molecular weight excluding hydrogens is 262 g/mol. The van der Waals surface area contributed by atoms with Gasteiger partial charge >= 0.3 is 5.97 Å². The van der Waals surface area contributed by atoms with E-state index in [1.165, 1.54) is 51.4 Å². The van der Waals surface area contributed by atoms with Crippen LogP contribution in [0.1, 0.15) is 65.2 Å². The van der Waals surface area contributed by atoms with Gasteiger partial charge in [0.1, 0.15) is 0 Å². The third kappa shape index (κ3) is 3.61. The lowest BCUT2D eigenvalue weighted by molar-refractivity contribution is -0.153. The summed E-state index contributed by atoms with van der Waals surface area (Å²) in [4.78, 5) is 14.8. The van der Waals surface area contributed by atoms with Gasteiger partial charge in [0.2, 0.25) is 0 Å². The van der Waals surface area contributed by atoms with Crippen molar-refractivity contribution in [2.45, 2.75) is 77.3 Å². The molecule has 21 heavy (non-hydrogen) atoms. The van der Waals surface area contributed by atoms with Gasteiger partial charge in [-0.3, -0.25) is 9.69 Å². The van der Waals surface area contributed by atoms with Crippen LogP contribution in [-0.4, -0.2) is 37.1 Å². The summed E-state index contributed by atoms with van der Waals surface area (Å²) in [6, 6.07) is 1.11. The Labute approximate surface area is 130 Å². The molecule has 0 radical (unpaired) electrons. The smallest absolute Gasteiger partial charge is 0.310 e. The second-order valence-corrected chi connectivity index (χ2v) is 7.24. The molecule has 0 spiro atoms. The van der Waals surface area contributed by atoms with Crippen molar-refractivity contribution in [3.63, 3.8) is 0 Å². The van der Waals surface area contributed by atoms with Crippen LogP contribution in [0.5, 0.6) is 0 Å². The number of ether oxygens (including phenoxy) is 1. The molecule has 3 heteroatoms. The lowest BCUT2D eigenvalue weighted by atomic mass is 9.72. The summed E-state index contributed by atoms with van der Waals surface area (Å²) in [5, 5.41) is 0. The Balaban J connectivity index is 2.00. The highest BCUT2D eigenvalue weighted by molar-refractivity contribution is 5.74. The van der Waals surface area contributed by atoms with Gasteiger partial charge in [-0.05, 0) is 38.1 Å². The van der Waals surface area contributed by atoms with Crippen molar-refractivity contribution >= 4 is 5.97 Å². The minimum absolute atomic E-state index is 0.0256. The number of rotatable bonds is 7. The summed E-state index contributed by atoms with van der Waals surface area (Å²) in [5.74, 6) is 1.29. The van der Waals surface area contributed by atoms with E-state index in [0.29, 0.717) is 23.9 Å². The molecule has 2 heterocycles. The number of esters is 1. The molecule has 2 saturated heterocycles. The van der Waals surface area contributed by atoms with Gasteiger partial charge < -0.3 is 4.74 Å². The first-order valence-corrected chi connectivity index (χ1v) is 8.89. The number of carbonyl (C=O) groups is 1. The predicted molar refractivity (Wildman–Crippen MR) is 86.1 cm³/mol. The largest absolute Gasteiger partial charge is 0.469 e. The average molecular weight is 295 g/mol. The number of carbonyl (C=O) groups excluding carboxylic acids is 1. The highest BCUT2D eigenvalue weighted by atomic mass is 16.5. The van der Waals surface area contributed by atoms with Gasteiger partial charge in [0, 0.05) is 12.1 Å². The van der Waals surface area contributed by atoms with E-state index in [9.17, 15) is 4.79 Å². The Hall–Kier alpha value is -0.570. The van der Waals surface area contributed by atoms with Crippen molar-refractivity contribution in [3.05, 3.63) is 0 Å². The third-order valence-electron chi connectivity index (χ3n) is 6.03. The summed E-state index contributed by atoms with van der Waals surface area (Å²) >= 11 is 0. The zero-order valence-corrected chi connectivity index (χ0v) is 14.3. The number of unbranched alkanes of at least 4 members (excludes halogenated alkanes) is 3. The van der Waals surface area contributed by atoms with E-state index in [2.05, 4.69) is 25.8 Å². The molecular formula is C18H33NO2. The molecule has 0 N–H and O–H groups in total. The van der Waals surface area contributed by atoms with Crippen LogP contribution in [0.2, 0.25) is 0 Å². The minimum Gasteiger partial charge on any atom is -0.469 e. The summed E-state index contributed by atoms with van der Waals surface area (Å²) < 4.78 is 5.15. The van der Waals surface area contributed by atoms with E-state index in [0.717, 1.165) is 0 Å². The molecule has 2 fully saturated rings. The van der Waals surface area contributed by atoms with Crippen LogP contribution in [0.15, 0.2) is 0 Å². The van der Waals surface area contributed by atoms with Crippen molar-refractivity contribution in [2.24, 2.45) is 17.8 Å². The van der Waals surface area contributed by atoms with Crippen molar-refractivity contribution in [1.29, 1.82) is 0 Å². The molecule has 2 aliphatic heterocycles. The number of nitrogens with zero attached hydrogens (tertiary/aromatic N) is 1. The van der Waals surface area contributed by atoms with Crippen LogP contribution in [0, 0.1) is 17.8 Å². The standard InChI is InChI=1S/C18H33NO2/c1-5-6-7-8-9-13(2)15-12-14-10-11-16(19(14)3)17(15)18(20)21-4/h13-17H,5-12H2,1-4H3/t13?,14-,15+,16+,17-/m0/s1. The fourth-order valence-electron chi connectivity index (χ4n) is 4.67. The topological polar surface area (TPSA) is 29.5 Å². The molecule has 0 aromatic carbocycles. The zero-order valence-electron chi connectivity index (χ0n) is 14.3. The van der Waals surface area contributed by atoms with Crippen molar-refractivity contribution in [1.82, 2.24) is 4.90 Å². The van der Waals surface area contributed by atoms with Crippen molar-refractivity contribution in [2.75, 3.05) is 14.2 Å². The first kappa shape index (κ1) is 16.8. The van der Waals surface area contributed by atoms with Gasteiger partial charge in [-0.25, -0.2) is 0 Å². The van der Waals surface area contributed by atoms with Gasteiger partial charge in [-0.1, -0.05) is 46.0 Å². The molecule has 1 unspecified atom stereocenters. The van der Waals surface area contributed by atoms with E-state index in [4.69, 9.17) is 4.74 Å². The molecule has 5 atom stereocenters. The monoisotopic (exact) mass is 295 g/mol. The fraction of sp³-hybridized carbons (Fsp3) is 0.944. The van der Waals surface area contributed by atoms with Gasteiger partial charge in [-0.15, -0.1) is 0 Å². The molecule has 0 aromatic rings. The maximum atomic E-state index is 12.3. The molecule has 2 aliphatic rings. The predicted octanol–water partition coefficient (Wildman–Crippen LogP) is 3.86. The zero-order chi connectivity index (χ0) is 15.4. The Bertz CT molecular complexity index is 344. The van der Waals surface area contributed by atoms with Crippen molar-refractivity contribution in [3.8, 4) is 0 Å². The Morgan fingerprint density at radius 2 is 2.05 bits per heavy atom. The number of hydrogen-bond acceptors (Lipinski definition) is 3. The van der Waals surface area contributed by atoms with E-state index in [-0.39, 0.29) is 11.9 Å². The summed E-state index contributed by atoms with van der Waals surface area (Å²) in [7, 11) is 3.74. The molecule has 3 nitrogen and oxygen atoms in total.